The van der Waals surface area contributed by atoms with Gasteiger partial charge in [-0.25, -0.2) is 4.79 Å². The van der Waals surface area contributed by atoms with Gasteiger partial charge in [-0.3, -0.25) is 28.4 Å². The van der Waals surface area contributed by atoms with Crippen molar-refractivity contribution in [3.8, 4) is 0 Å². The van der Waals surface area contributed by atoms with Gasteiger partial charge in [0.05, 0.1) is 6.54 Å². The summed E-state index contributed by atoms with van der Waals surface area (Å²) in [4.78, 5) is 51.2. The monoisotopic (exact) mass is 323 g/mol. The Hall–Kier alpha value is -2.42. The highest BCUT2D eigenvalue weighted by Gasteiger charge is 2.25. The minimum absolute atomic E-state index is 0.00662. The topological polar surface area (TPSA) is 111 Å². The Kier molecular flexibility index (Phi) is 4.69. The molecule has 2 heterocycles. The highest BCUT2D eigenvalue weighted by molar-refractivity contribution is 6.01. The van der Waals surface area contributed by atoms with Crippen molar-refractivity contribution in [3.05, 3.63) is 26.4 Å². The maximum atomic E-state index is 12.5. The summed E-state index contributed by atoms with van der Waals surface area (Å²) in [6, 6.07) is 0. The average Bonchev–Trinajstić information content (AvgIpc) is 2.51. The van der Waals surface area contributed by atoms with Crippen LogP contribution in [0.2, 0.25) is 0 Å². The highest BCUT2D eigenvalue weighted by atomic mass is 16.2. The van der Waals surface area contributed by atoms with Crippen molar-refractivity contribution in [1.29, 1.82) is 0 Å². The van der Waals surface area contributed by atoms with E-state index in [9.17, 15) is 19.2 Å². The van der Waals surface area contributed by atoms with Crippen molar-refractivity contribution < 1.29 is 9.59 Å². The van der Waals surface area contributed by atoms with Gasteiger partial charge in [0.1, 0.15) is 11.4 Å². The van der Waals surface area contributed by atoms with Crippen molar-refractivity contribution >= 4 is 17.5 Å². The maximum Gasteiger partial charge on any atom is 0.332 e. The minimum Gasteiger partial charge on any atom is -0.384 e. The van der Waals surface area contributed by atoms with Crippen LogP contribution in [-0.4, -0.2) is 63.3 Å². The molecule has 126 valence electrons. The lowest BCUT2D eigenvalue weighted by Gasteiger charge is -2.33. The van der Waals surface area contributed by atoms with Gasteiger partial charge in [-0.2, -0.15) is 0 Å². The summed E-state index contributed by atoms with van der Waals surface area (Å²) in [6.45, 7) is 3.74. The van der Waals surface area contributed by atoms with E-state index < -0.39 is 17.0 Å². The molecule has 1 aliphatic rings. The van der Waals surface area contributed by atoms with E-state index in [1.165, 1.54) is 21.0 Å². The van der Waals surface area contributed by atoms with E-state index >= 15 is 0 Å². The quantitative estimate of drug-likeness (QED) is 0.645. The van der Waals surface area contributed by atoms with Crippen LogP contribution < -0.4 is 17.0 Å². The van der Waals surface area contributed by atoms with Crippen LogP contribution in [0.3, 0.4) is 0 Å². The van der Waals surface area contributed by atoms with Gasteiger partial charge >= 0.3 is 5.69 Å². The van der Waals surface area contributed by atoms with Crippen molar-refractivity contribution in [2.24, 2.45) is 14.1 Å². The van der Waals surface area contributed by atoms with Crippen molar-refractivity contribution in [2.45, 2.75) is 6.92 Å². The zero-order chi connectivity index (χ0) is 17.3. The summed E-state index contributed by atoms with van der Waals surface area (Å²) in [5.41, 5.74) is 4.36. The lowest BCUT2D eigenvalue weighted by Crippen LogP contribution is -2.50. The predicted octanol–water partition coefficient (Wildman–Crippen LogP) is -1.99. The van der Waals surface area contributed by atoms with Gasteiger partial charge in [0.15, 0.2) is 5.78 Å². The lowest BCUT2D eigenvalue weighted by atomic mass is 10.1. The number of ketones is 1. The second-order valence-electron chi connectivity index (χ2n) is 5.67. The van der Waals surface area contributed by atoms with E-state index in [0.717, 1.165) is 9.13 Å². The SMILES string of the molecule is CC(=O)N1CCN(CC(=O)c2c(N)n(C)c(=O)n(C)c2=O)CC1. The number of aromatic nitrogens is 2. The number of carbonyl (C=O) groups is 2. The summed E-state index contributed by atoms with van der Waals surface area (Å²) < 4.78 is 1.96. The number of Topliss-reactive ketones (excluding diaryl/α,β-unsaturated/α-hetero) is 1. The molecular weight excluding hydrogens is 302 g/mol. The number of nitrogens with two attached hydrogens (primary N) is 1. The molecule has 0 unspecified atom stereocenters. The first-order chi connectivity index (χ1) is 10.7. The summed E-state index contributed by atoms with van der Waals surface area (Å²) in [6.07, 6.45) is 0. The molecule has 1 amide bonds. The molecular formula is C14H21N5O4. The molecule has 1 saturated heterocycles. The molecule has 0 spiro atoms. The normalized spacial score (nSPS) is 15.7. The standard InChI is InChI=1S/C14H21N5O4/c1-9(20)19-6-4-18(5-7-19)8-10(21)11-12(15)16(2)14(23)17(3)13(11)22/h4-8,15H2,1-3H3. The molecule has 0 aromatic carbocycles. The number of nitrogens with zero attached hydrogens (tertiary/aromatic N) is 4. The van der Waals surface area contributed by atoms with Gasteiger partial charge in [0, 0.05) is 47.2 Å². The smallest absolute Gasteiger partial charge is 0.332 e. The number of nitrogen functional groups attached to an aromatic ring is 1. The van der Waals surface area contributed by atoms with Crippen LogP contribution in [0.15, 0.2) is 9.59 Å². The molecule has 2 N–H and O–H groups in total. The number of carbonyl (C=O) groups excluding carboxylic acids is 2. The predicted molar refractivity (Wildman–Crippen MR) is 84.4 cm³/mol. The van der Waals surface area contributed by atoms with E-state index in [2.05, 4.69) is 0 Å². The zero-order valence-electron chi connectivity index (χ0n) is 13.5. The van der Waals surface area contributed by atoms with Gasteiger partial charge in [-0.15, -0.1) is 0 Å². The Morgan fingerprint density at radius 3 is 2.13 bits per heavy atom. The third-order valence-electron chi connectivity index (χ3n) is 4.17. The van der Waals surface area contributed by atoms with E-state index in [4.69, 9.17) is 5.73 Å². The van der Waals surface area contributed by atoms with Gasteiger partial charge in [-0.1, -0.05) is 0 Å². The number of amides is 1. The number of hydrogen-bond donors (Lipinski definition) is 1. The largest absolute Gasteiger partial charge is 0.384 e. The first kappa shape index (κ1) is 16.9. The molecule has 1 aromatic rings. The maximum absolute atomic E-state index is 12.5. The van der Waals surface area contributed by atoms with Crippen molar-refractivity contribution in [2.75, 3.05) is 38.5 Å². The van der Waals surface area contributed by atoms with Crippen LogP contribution in [0.1, 0.15) is 17.3 Å². The van der Waals surface area contributed by atoms with E-state index in [-0.39, 0.29) is 23.8 Å². The van der Waals surface area contributed by atoms with Gasteiger partial charge in [0.2, 0.25) is 5.91 Å². The Morgan fingerprint density at radius 2 is 1.61 bits per heavy atom. The fourth-order valence-corrected chi connectivity index (χ4v) is 2.63. The second-order valence-corrected chi connectivity index (χ2v) is 5.67. The third-order valence-corrected chi connectivity index (χ3v) is 4.17. The number of hydrogen-bond acceptors (Lipinski definition) is 6. The fourth-order valence-electron chi connectivity index (χ4n) is 2.63. The van der Waals surface area contributed by atoms with Crippen LogP contribution in [0.25, 0.3) is 0 Å². The van der Waals surface area contributed by atoms with Gasteiger partial charge < -0.3 is 10.6 Å². The fraction of sp³-hybridized carbons (Fsp3) is 0.571. The summed E-state index contributed by atoms with van der Waals surface area (Å²) in [7, 11) is 2.73. The van der Waals surface area contributed by atoms with Crippen molar-refractivity contribution in [1.82, 2.24) is 18.9 Å². The molecule has 9 nitrogen and oxygen atoms in total. The molecule has 1 aliphatic heterocycles. The Labute approximate surface area is 132 Å². The van der Waals surface area contributed by atoms with E-state index in [1.807, 2.05) is 4.90 Å². The number of rotatable bonds is 3. The van der Waals surface area contributed by atoms with Crippen LogP contribution in [-0.2, 0) is 18.9 Å². The molecule has 9 heteroatoms. The van der Waals surface area contributed by atoms with Gasteiger partial charge in [-0.05, 0) is 0 Å². The first-order valence-electron chi connectivity index (χ1n) is 7.30. The van der Waals surface area contributed by atoms with Crippen molar-refractivity contribution in [3.63, 3.8) is 0 Å². The molecule has 0 aliphatic carbocycles. The van der Waals surface area contributed by atoms with Crippen LogP contribution >= 0.6 is 0 Å². The number of piperazine rings is 1. The summed E-state index contributed by atoms with van der Waals surface area (Å²) in [5.74, 6) is -0.535. The Bertz CT molecular complexity index is 756. The third kappa shape index (κ3) is 3.19. The molecule has 0 saturated carbocycles. The second kappa shape index (κ2) is 6.37. The Morgan fingerprint density at radius 1 is 1.04 bits per heavy atom. The average molecular weight is 323 g/mol. The molecule has 0 radical (unpaired) electrons. The molecule has 23 heavy (non-hydrogen) atoms. The molecule has 1 aromatic heterocycles. The zero-order valence-corrected chi connectivity index (χ0v) is 13.5. The lowest BCUT2D eigenvalue weighted by molar-refractivity contribution is -0.130. The molecule has 0 atom stereocenters. The summed E-state index contributed by atoms with van der Waals surface area (Å²) in [5, 5.41) is 0. The van der Waals surface area contributed by atoms with Crippen LogP contribution in [0, 0.1) is 0 Å². The Balaban J connectivity index is 2.19. The van der Waals surface area contributed by atoms with Crippen LogP contribution in [0.5, 0.6) is 0 Å². The van der Waals surface area contributed by atoms with Crippen LogP contribution in [0.4, 0.5) is 5.82 Å². The molecule has 1 fully saturated rings. The van der Waals surface area contributed by atoms with E-state index in [0.29, 0.717) is 26.2 Å². The summed E-state index contributed by atoms with van der Waals surface area (Å²) >= 11 is 0. The highest BCUT2D eigenvalue weighted by Crippen LogP contribution is 2.07. The van der Waals surface area contributed by atoms with Gasteiger partial charge in [0.25, 0.3) is 5.56 Å². The first-order valence-corrected chi connectivity index (χ1v) is 7.30. The minimum atomic E-state index is -0.682. The molecule has 0 bridgehead atoms. The number of anilines is 1. The molecule has 2 rings (SSSR count). The van der Waals surface area contributed by atoms with E-state index in [1.54, 1.807) is 4.90 Å².